The second-order valence-electron chi connectivity index (χ2n) is 5.39. The minimum atomic E-state index is -0.403. The van der Waals surface area contributed by atoms with Gasteiger partial charge in [-0.25, -0.2) is 4.79 Å². The fourth-order valence-corrected chi connectivity index (χ4v) is 1.75. The summed E-state index contributed by atoms with van der Waals surface area (Å²) in [4.78, 5) is 13.6. The first kappa shape index (κ1) is 14.0. The van der Waals surface area contributed by atoms with Gasteiger partial charge in [0.25, 0.3) is 0 Å². The lowest BCUT2D eigenvalue weighted by molar-refractivity contribution is 0.0236. The highest BCUT2D eigenvalue weighted by Gasteiger charge is 2.24. The van der Waals surface area contributed by atoms with Gasteiger partial charge in [-0.15, -0.1) is 0 Å². The normalized spacial score (nSPS) is 16.9. The molecule has 0 aliphatic carbocycles. The van der Waals surface area contributed by atoms with Gasteiger partial charge in [-0.2, -0.15) is 0 Å². The molecule has 4 heteroatoms. The number of nitrogens with zero attached hydrogens (tertiary/aromatic N) is 1. The Hall–Kier alpha value is -1.03. The van der Waals surface area contributed by atoms with Gasteiger partial charge < -0.3 is 15.0 Å². The summed E-state index contributed by atoms with van der Waals surface area (Å²) < 4.78 is 5.35. The zero-order valence-corrected chi connectivity index (χ0v) is 11.4. The summed E-state index contributed by atoms with van der Waals surface area (Å²) in [5, 5.41) is 3.10. The summed E-state index contributed by atoms with van der Waals surface area (Å²) in [7, 11) is 1.94. The maximum atomic E-state index is 11.8. The van der Waals surface area contributed by atoms with Crippen LogP contribution in [0.2, 0.25) is 0 Å². The molecule has 17 heavy (non-hydrogen) atoms. The molecule has 0 bridgehead atoms. The van der Waals surface area contributed by atoms with Gasteiger partial charge in [0.15, 0.2) is 0 Å². The second-order valence-corrected chi connectivity index (χ2v) is 5.39. The molecule has 1 N–H and O–H groups in total. The van der Waals surface area contributed by atoms with E-state index in [1.165, 1.54) is 5.57 Å². The predicted molar refractivity (Wildman–Crippen MR) is 69.1 cm³/mol. The molecule has 1 fully saturated rings. The molecule has 1 saturated heterocycles. The number of piperidine rings is 1. The van der Waals surface area contributed by atoms with E-state index >= 15 is 0 Å². The Morgan fingerprint density at radius 1 is 1.41 bits per heavy atom. The van der Waals surface area contributed by atoms with E-state index in [1.54, 1.807) is 4.90 Å². The first-order valence-electron chi connectivity index (χ1n) is 6.23. The average molecular weight is 240 g/mol. The average Bonchev–Trinajstić information content (AvgIpc) is 2.24. The third kappa shape index (κ3) is 5.22. The third-order valence-corrected chi connectivity index (χ3v) is 2.65. The minimum Gasteiger partial charge on any atom is -0.444 e. The van der Waals surface area contributed by atoms with E-state index in [4.69, 9.17) is 4.74 Å². The van der Waals surface area contributed by atoms with Crippen LogP contribution in [-0.2, 0) is 4.74 Å². The maximum Gasteiger partial charge on any atom is 0.410 e. The summed E-state index contributed by atoms with van der Waals surface area (Å²) in [6, 6.07) is 0. The van der Waals surface area contributed by atoms with Crippen LogP contribution in [-0.4, -0.2) is 43.3 Å². The van der Waals surface area contributed by atoms with Gasteiger partial charge >= 0.3 is 6.09 Å². The fourth-order valence-electron chi connectivity index (χ4n) is 1.75. The van der Waals surface area contributed by atoms with E-state index in [0.29, 0.717) is 0 Å². The van der Waals surface area contributed by atoms with Crippen molar-refractivity contribution in [2.24, 2.45) is 0 Å². The topological polar surface area (TPSA) is 41.6 Å². The van der Waals surface area contributed by atoms with Gasteiger partial charge in [-0.05, 0) is 40.7 Å². The molecule has 4 nitrogen and oxygen atoms in total. The smallest absolute Gasteiger partial charge is 0.410 e. The molecule has 1 aliphatic heterocycles. The van der Waals surface area contributed by atoms with Gasteiger partial charge in [-0.3, -0.25) is 0 Å². The number of ether oxygens (including phenoxy) is 1. The van der Waals surface area contributed by atoms with Crippen molar-refractivity contribution in [3.8, 4) is 0 Å². The number of likely N-dealkylation sites (tertiary alicyclic amines) is 1. The molecule has 0 aromatic carbocycles. The number of amides is 1. The standard InChI is InChI=1S/C13H24N2O2/c1-13(2,3)17-12(16)15-9-6-11(7-10-15)5-8-14-4/h5,14H,6-10H2,1-4H3. The van der Waals surface area contributed by atoms with Crippen LogP contribution in [0.5, 0.6) is 0 Å². The van der Waals surface area contributed by atoms with Crippen molar-refractivity contribution in [1.29, 1.82) is 0 Å². The van der Waals surface area contributed by atoms with Crippen molar-refractivity contribution in [3.63, 3.8) is 0 Å². The van der Waals surface area contributed by atoms with Crippen LogP contribution in [0.3, 0.4) is 0 Å². The van der Waals surface area contributed by atoms with Gasteiger partial charge in [0.2, 0.25) is 0 Å². The quantitative estimate of drug-likeness (QED) is 0.752. The van der Waals surface area contributed by atoms with Crippen molar-refractivity contribution in [2.45, 2.75) is 39.2 Å². The summed E-state index contributed by atoms with van der Waals surface area (Å²) in [6.07, 6.45) is 3.94. The molecule has 0 unspecified atom stereocenters. The van der Waals surface area contributed by atoms with Crippen molar-refractivity contribution >= 4 is 6.09 Å². The number of hydrogen-bond acceptors (Lipinski definition) is 3. The Balaban J connectivity index is 2.39. The Kier molecular flexibility index (Phi) is 5.00. The zero-order chi connectivity index (χ0) is 12.9. The maximum absolute atomic E-state index is 11.8. The molecule has 0 spiro atoms. The first-order valence-corrected chi connectivity index (χ1v) is 6.23. The molecule has 0 radical (unpaired) electrons. The van der Waals surface area contributed by atoms with Crippen molar-refractivity contribution in [2.75, 3.05) is 26.7 Å². The van der Waals surface area contributed by atoms with Crippen molar-refractivity contribution in [3.05, 3.63) is 11.6 Å². The van der Waals surface area contributed by atoms with E-state index in [9.17, 15) is 4.79 Å². The first-order chi connectivity index (χ1) is 7.92. The van der Waals surface area contributed by atoms with Crippen LogP contribution >= 0.6 is 0 Å². The number of hydrogen-bond donors (Lipinski definition) is 1. The molecule has 0 aromatic heterocycles. The predicted octanol–water partition coefficient (Wildman–Crippen LogP) is 2.16. The molecule has 0 aromatic rings. The molecule has 1 amide bonds. The third-order valence-electron chi connectivity index (χ3n) is 2.65. The Morgan fingerprint density at radius 3 is 2.47 bits per heavy atom. The Bertz CT molecular complexity index is 282. The second kappa shape index (κ2) is 6.05. The highest BCUT2D eigenvalue weighted by molar-refractivity contribution is 5.68. The minimum absolute atomic E-state index is 0.190. The lowest BCUT2D eigenvalue weighted by Gasteiger charge is -2.31. The summed E-state index contributed by atoms with van der Waals surface area (Å²) in [5.41, 5.74) is 1.03. The molecule has 98 valence electrons. The SMILES string of the molecule is CNCC=C1CCN(C(=O)OC(C)(C)C)CC1. The van der Waals surface area contributed by atoms with Crippen LogP contribution in [0.25, 0.3) is 0 Å². The van der Waals surface area contributed by atoms with E-state index in [0.717, 1.165) is 32.5 Å². The van der Waals surface area contributed by atoms with Crippen molar-refractivity contribution < 1.29 is 9.53 Å². The monoisotopic (exact) mass is 240 g/mol. The van der Waals surface area contributed by atoms with Crippen LogP contribution in [0.4, 0.5) is 4.79 Å². The van der Waals surface area contributed by atoms with Crippen LogP contribution in [0, 0.1) is 0 Å². The van der Waals surface area contributed by atoms with Crippen molar-refractivity contribution in [1.82, 2.24) is 10.2 Å². The van der Waals surface area contributed by atoms with Gasteiger partial charge in [-0.1, -0.05) is 11.6 Å². The summed E-state index contributed by atoms with van der Waals surface area (Å²) >= 11 is 0. The van der Waals surface area contributed by atoms with E-state index < -0.39 is 5.60 Å². The van der Waals surface area contributed by atoms with Gasteiger partial charge in [0, 0.05) is 19.6 Å². The molecular formula is C13H24N2O2. The number of carbonyl (C=O) groups is 1. The van der Waals surface area contributed by atoms with E-state index in [2.05, 4.69) is 11.4 Å². The van der Waals surface area contributed by atoms with Gasteiger partial charge in [0.1, 0.15) is 5.60 Å². The molecule has 1 aliphatic rings. The molecular weight excluding hydrogens is 216 g/mol. The molecule has 0 saturated carbocycles. The van der Waals surface area contributed by atoms with Crippen LogP contribution < -0.4 is 5.32 Å². The van der Waals surface area contributed by atoms with Crippen LogP contribution in [0.15, 0.2) is 11.6 Å². The number of nitrogens with one attached hydrogen (secondary N) is 1. The Morgan fingerprint density at radius 2 is 2.00 bits per heavy atom. The molecule has 1 rings (SSSR count). The number of carbonyl (C=O) groups excluding carboxylic acids is 1. The summed E-state index contributed by atoms with van der Waals surface area (Å²) in [6.45, 7) is 8.13. The highest BCUT2D eigenvalue weighted by Crippen LogP contribution is 2.18. The lowest BCUT2D eigenvalue weighted by atomic mass is 10.0. The highest BCUT2D eigenvalue weighted by atomic mass is 16.6. The largest absolute Gasteiger partial charge is 0.444 e. The fraction of sp³-hybridized carbons (Fsp3) is 0.769. The van der Waals surface area contributed by atoms with Crippen LogP contribution in [0.1, 0.15) is 33.6 Å². The summed E-state index contributed by atoms with van der Waals surface area (Å²) in [5.74, 6) is 0. The Labute approximate surface area is 104 Å². The molecule has 1 heterocycles. The van der Waals surface area contributed by atoms with E-state index in [-0.39, 0.29) is 6.09 Å². The lowest BCUT2D eigenvalue weighted by Crippen LogP contribution is -2.40. The van der Waals surface area contributed by atoms with Gasteiger partial charge in [0.05, 0.1) is 0 Å². The number of rotatable bonds is 2. The molecule has 0 atom stereocenters. The number of likely N-dealkylation sites (N-methyl/N-ethyl adjacent to an activating group) is 1. The van der Waals surface area contributed by atoms with E-state index in [1.807, 2.05) is 27.8 Å². The zero-order valence-electron chi connectivity index (χ0n) is 11.4.